The zero-order valence-electron chi connectivity index (χ0n) is 9.28. The van der Waals surface area contributed by atoms with Gasteiger partial charge in [0.1, 0.15) is 0 Å². The maximum absolute atomic E-state index is 12.1. The summed E-state index contributed by atoms with van der Waals surface area (Å²) in [6.45, 7) is 0.0781. The number of methoxy groups -OCH3 is 1. The SMILES string of the molecule is COc1ccc(CN(C)CC(F)F)cc1O. The molecule has 3 nitrogen and oxygen atoms in total. The minimum Gasteiger partial charge on any atom is -0.504 e. The summed E-state index contributed by atoms with van der Waals surface area (Å²) >= 11 is 0. The van der Waals surface area contributed by atoms with Crippen molar-refractivity contribution in [2.75, 3.05) is 20.7 Å². The lowest BCUT2D eigenvalue weighted by Crippen LogP contribution is -2.24. The first-order valence-corrected chi connectivity index (χ1v) is 4.85. The highest BCUT2D eigenvalue weighted by Gasteiger charge is 2.09. The Hall–Kier alpha value is -1.36. The number of hydrogen-bond donors (Lipinski definition) is 1. The molecule has 0 saturated carbocycles. The van der Waals surface area contributed by atoms with E-state index in [1.807, 2.05) is 0 Å². The first-order chi connectivity index (χ1) is 7.52. The third kappa shape index (κ3) is 3.66. The summed E-state index contributed by atoms with van der Waals surface area (Å²) in [4.78, 5) is 1.49. The fourth-order valence-electron chi connectivity index (χ4n) is 1.45. The molecule has 1 rings (SSSR count). The van der Waals surface area contributed by atoms with Gasteiger partial charge in [0.2, 0.25) is 0 Å². The zero-order valence-corrected chi connectivity index (χ0v) is 9.28. The van der Waals surface area contributed by atoms with Gasteiger partial charge in [-0.15, -0.1) is 0 Å². The van der Waals surface area contributed by atoms with Crippen LogP contribution in [0.15, 0.2) is 18.2 Å². The molecule has 0 bridgehead atoms. The zero-order chi connectivity index (χ0) is 12.1. The van der Waals surface area contributed by atoms with Gasteiger partial charge in [0.15, 0.2) is 11.5 Å². The molecule has 5 heteroatoms. The lowest BCUT2D eigenvalue weighted by molar-refractivity contribution is 0.0975. The first-order valence-electron chi connectivity index (χ1n) is 4.85. The molecule has 0 amide bonds. The molecule has 0 aliphatic heterocycles. The van der Waals surface area contributed by atoms with E-state index in [2.05, 4.69) is 0 Å². The summed E-state index contributed by atoms with van der Waals surface area (Å²) in [5.74, 6) is 0.394. The van der Waals surface area contributed by atoms with Gasteiger partial charge in [0.05, 0.1) is 13.7 Å². The van der Waals surface area contributed by atoms with Crippen LogP contribution in [0.2, 0.25) is 0 Å². The number of aromatic hydroxyl groups is 1. The Labute approximate surface area is 93.3 Å². The fraction of sp³-hybridized carbons (Fsp3) is 0.455. The molecule has 0 spiro atoms. The van der Waals surface area contributed by atoms with Crippen molar-refractivity contribution in [1.82, 2.24) is 4.90 Å². The summed E-state index contributed by atoms with van der Waals surface area (Å²) in [6, 6.07) is 4.86. The van der Waals surface area contributed by atoms with E-state index in [4.69, 9.17) is 4.74 Å². The number of benzene rings is 1. The minimum absolute atomic E-state index is 0.0189. The molecule has 0 radical (unpaired) electrons. The Balaban J connectivity index is 2.64. The molecule has 0 aromatic heterocycles. The quantitative estimate of drug-likeness (QED) is 0.842. The predicted molar refractivity (Wildman–Crippen MR) is 57.0 cm³/mol. The van der Waals surface area contributed by atoms with Gasteiger partial charge in [-0.2, -0.15) is 0 Å². The third-order valence-electron chi connectivity index (χ3n) is 2.15. The second-order valence-electron chi connectivity index (χ2n) is 3.59. The van der Waals surface area contributed by atoms with Crippen LogP contribution in [0.1, 0.15) is 5.56 Å². The summed E-state index contributed by atoms with van der Waals surface area (Å²) < 4.78 is 29.0. The van der Waals surface area contributed by atoms with Gasteiger partial charge in [-0.1, -0.05) is 6.07 Å². The lowest BCUT2D eigenvalue weighted by Gasteiger charge is -2.16. The molecule has 0 fully saturated rings. The second kappa shape index (κ2) is 5.65. The van der Waals surface area contributed by atoms with Gasteiger partial charge in [-0.05, 0) is 24.7 Å². The van der Waals surface area contributed by atoms with E-state index < -0.39 is 6.43 Å². The molecule has 0 aliphatic rings. The van der Waals surface area contributed by atoms with Crippen LogP contribution in [0.25, 0.3) is 0 Å². The van der Waals surface area contributed by atoms with Gasteiger partial charge in [0.25, 0.3) is 6.43 Å². The molecule has 0 unspecified atom stereocenters. The molecule has 0 atom stereocenters. The standard InChI is InChI=1S/C11H15F2NO2/c1-14(7-11(12)13)6-8-3-4-10(16-2)9(15)5-8/h3-5,11,15H,6-7H2,1-2H3. The number of phenols is 1. The Morgan fingerprint density at radius 3 is 2.62 bits per heavy atom. The van der Waals surface area contributed by atoms with Crippen molar-refractivity contribution >= 4 is 0 Å². The van der Waals surface area contributed by atoms with Crippen molar-refractivity contribution in [2.24, 2.45) is 0 Å². The molecule has 0 heterocycles. The van der Waals surface area contributed by atoms with Crippen molar-refractivity contribution in [3.05, 3.63) is 23.8 Å². The Bertz CT molecular complexity index is 345. The van der Waals surface area contributed by atoms with Crippen LogP contribution in [0, 0.1) is 0 Å². The third-order valence-corrected chi connectivity index (χ3v) is 2.15. The monoisotopic (exact) mass is 231 g/mol. The van der Waals surface area contributed by atoms with Gasteiger partial charge >= 0.3 is 0 Å². The van der Waals surface area contributed by atoms with E-state index in [0.29, 0.717) is 12.3 Å². The Morgan fingerprint density at radius 2 is 2.12 bits per heavy atom. The summed E-state index contributed by atoms with van der Waals surface area (Å²) in [7, 11) is 3.06. The number of alkyl halides is 2. The van der Waals surface area contributed by atoms with E-state index in [1.54, 1.807) is 19.2 Å². The summed E-state index contributed by atoms with van der Waals surface area (Å²) in [5.41, 5.74) is 0.765. The molecule has 16 heavy (non-hydrogen) atoms. The predicted octanol–water partition coefficient (Wildman–Crippen LogP) is 2.10. The van der Waals surface area contributed by atoms with Crippen LogP contribution in [0.3, 0.4) is 0 Å². The summed E-state index contributed by atoms with van der Waals surface area (Å²) in [5, 5.41) is 9.49. The van der Waals surface area contributed by atoms with E-state index in [9.17, 15) is 13.9 Å². The summed E-state index contributed by atoms with van der Waals surface area (Å²) in [6.07, 6.45) is -2.35. The number of phenolic OH excluding ortho intramolecular Hbond substituents is 1. The van der Waals surface area contributed by atoms with Crippen LogP contribution in [0.5, 0.6) is 11.5 Å². The second-order valence-corrected chi connectivity index (χ2v) is 3.59. The van der Waals surface area contributed by atoms with Gasteiger partial charge in [-0.3, -0.25) is 4.90 Å². The Kier molecular flexibility index (Phi) is 4.49. The fourth-order valence-corrected chi connectivity index (χ4v) is 1.45. The number of ether oxygens (including phenoxy) is 1. The van der Waals surface area contributed by atoms with Crippen LogP contribution < -0.4 is 4.74 Å². The van der Waals surface area contributed by atoms with Crippen LogP contribution >= 0.6 is 0 Å². The van der Waals surface area contributed by atoms with Crippen LogP contribution in [0.4, 0.5) is 8.78 Å². The number of rotatable bonds is 5. The molecule has 90 valence electrons. The molecule has 1 N–H and O–H groups in total. The van der Waals surface area contributed by atoms with Crippen LogP contribution in [-0.4, -0.2) is 37.1 Å². The van der Waals surface area contributed by atoms with Crippen molar-refractivity contribution in [2.45, 2.75) is 13.0 Å². The normalized spacial score (nSPS) is 11.1. The average Bonchev–Trinajstić information content (AvgIpc) is 2.16. The first kappa shape index (κ1) is 12.7. The van der Waals surface area contributed by atoms with Gasteiger partial charge in [-0.25, -0.2) is 8.78 Å². The number of halogens is 2. The molecule has 1 aromatic rings. The number of nitrogens with zero attached hydrogens (tertiary/aromatic N) is 1. The molecule has 1 aromatic carbocycles. The van der Waals surface area contributed by atoms with E-state index >= 15 is 0 Å². The van der Waals surface area contributed by atoms with Gasteiger partial charge < -0.3 is 9.84 Å². The highest BCUT2D eigenvalue weighted by atomic mass is 19.3. The van der Waals surface area contributed by atoms with Gasteiger partial charge in [0, 0.05) is 6.54 Å². The van der Waals surface area contributed by atoms with Crippen molar-refractivity contribution in [3.8, 4) is 11.5 Å². The maximum atomic E-state index is 12.1. The van der Waals surface area contributed by atoms with E-state index in [-0.39, 0.29) is 12.3 Å². The van der Waals surface area contributed by atoms with Crippen molar-refractivity contribution < 1.29 is 18.6 Å². The smallest absolute Gasteiger partial charge is 0.251 e. The largest absolute Gasteiger partial charge is 0.504 e. The highest BCUT2D eigenvalue weighted by Crippen LogP contribution is 2.26. The molecular weight excluding hydrogens is 216 g/mol. The topological polar surface area (TPSA) is 32.7 Å². The van der Waals surface area contributed by atoms with Crippen LogP contribution in [-0.2, 0) is 6.54 Å². The molecule has 0 saturated heterocycles. The van der Waals surface area contributed by atoms with Crippen molar-refractivity contribution in [3.63, 3.8) is 0 Å². The highest BCUT2D eigenvalue weighted by molar-refractivity contribution is 5.41. The average molecular weight is 231 g/mol. The van der Waals surface area contributed by atoms with E-state index in [1.165, 1.54) is 18.1 Å². The molecule has 0 aliphatic carbocycles. The Morgan fingerprint density at radius 1 is 1.44 bits per heavy atom. The number of hydrogen-bond acceptors (Lipinski definition) is 3. The minimum atomic E-state index is -2.35. The van der Waals surface area contributed by atoms with E-state index in [0.717, 1.165) is 5.56 Å². The molecular formula is C11H15F2NO2. The van der Waals surface area contributed by atoms with Crippen molar-refractivity contribution in [1.29, 1.82) is 0 Å². The lowest BCUT2D eigenvalue weighted by atomic mass is 10.2. The maximum Gasteiger partial charge on any atom is 0.251 e.